The van der Waals surface area contributed by atoms with Gasteiger partial charge in [0.1, 0.15) is 11.7 Å². The first-order chi connectivity index (χ1) is 12.1. The van der Waals surface area contributed by atoms with Crippen molar-refractivity contribution >= 4 is 24.0 Å². The molecule has 140 valence electrons. The first-order valence-corrected chi connectivity index (χ1v) is 8.45. The van der Waals surface area contributed by atoms with Crippen LogP contribution in [0.5, 0.6) is 0 Å². The van der Waals surface area contributed by atoms with Gasteiger partial charge in [0.2, 0.25) is 11.8 Å². The molecule has 1 aromatic carbocycles. The molecule has 2 aliphatic rings. The smallest absolute Gasteiger partial charge is 0.239 e. The molecule has 0 saturated carbocycles. The van der Waals surface area contributed by atoms with E-state index in [-0.39, 0.29) is 30.2 Å². The summed E-state index contributed by atoms with van der Waals surface area (Å²) in [5.74, 6) is 0.130. The minimum Gasteiger partial charge on any atom is -0.338 e. The second-order valence-corrected chi connectivity index (χ2v) is 6.50. The van der Waals surface area contributed by atoms with Crippen LogP contribution in [-0.2, 0) is 4.79 Å². The Morgan fingerprint density at radius 3 is 2.77 bits per heavy atom. The third-order valence-corrected chi connectivity index (χ3v) is 4.91. The van der Waals surface area contributed by atoms with E-state index in [4.69, 9.17) is 4.52 Å². The number of piperazine rings is 1. The fourth-order valence-electron chi connectivity index (χ4n) is 3.40. The maximum atomic E-state index is 13.1. The second-order valence-electron chi connectivity index (χ2n) is 6.50. The van der Waals surface area contributed by atoms with Gasteiger partial charge >= 0.3 is 0 Å². The van der Waals surface area contributed by atoms with Crippen molar-refractivity contribution in [2.45, 2.75) is 18.4 Å². The van der Waals surface area contributed by atoms with Crippen LogP contribution in [0.4, 0.5) is 10.1 Å². The maximum Gasteiger partial charge on any atom is 0.239 e. The molecule has 2 aromatic rings. The van der Waals surface area contributed by atoms with Gasteiger partial charge in [0.05, 0.1) is 6.04 Å². The number of carbonyl (C=O) groups excluding carboxylic acids is 1. The predicted molar refractivity (Wildman–Crippen MR) is 95.9 cm³/mol. The highest BCUT2D eigenvalue weighted by molar-refractivity contribution is 5.99. The van der Waals surface area contributed by atoms with E-state index in [1.807, 2.05) is 7.05 Å². The number of hydrogen-bond acceptors (Lipinski definition) is 6. The number of likely N-dealkylation sites (N-methyl/N-ethyl adjacent to an activating group) is 1. The first kappa shape index (κ1) is 18.8. The molecule has 0 spiro atoms. The van der Waals surface area contributed by atoms with Crippen molar-refractivity contribution in [3.05, 3.63) is 41.8 Å². The molecule has 2 unspecified atom stereocenters. The van der Waals surface area contributed by atoms with Crippen molar-refractivity contribution in [2.75, 3.05) is 38.1 Å². The van der Waals surface area contributed by atoms with E-state index in [0.717, 1.165) is 19.6 Å². The van der Waals surface area contributed by atoms with E-state index < -0.39 is 5.92 Å². The number of aromatic nitrogens is 2. The van der Waals surface area contributed by atoms with Crippen molar-refractivity contribution < 1.29 is 13.7 Å². The monoisotopic (exact) mass is 381 g/mol. The van der Waals surface area contributed by atoms with Crippen LogP contribution in [0.25, 0.3) is 0 Å². The average Bonchev–Trinajstić information content (AvgIpc) is 3.23. The molecule has 7 nitrogen and oxygen atoms in total. The molecular weight excluding hydrogens is 361 g/mol. The first-order valence-electron chi connectivity index (χ1n) is 8.45. The highest BCUT2D eigenvalue weighted by atomic mass is 35.5. The fraction of sp³-hybridized carbons (Fsp3) is 0.471. The van der Waals surface area contributed by atoms with Crippen LogP contribution < -0.4 is 10.2 Å². The van der Waals surface area contributed by atoms with Crippen LogP contribution in [0.3, 0.4) is 0 Å². The Bertz CT molecular complexity index is 769. The molecule has 0 bridgehead atoms. The molecule has 4 rings (SSSR count). The van der Waals surface area contributed by atoms with Crippen molar-refractivity contribution in [3.8, 4) is 0 Å². The summed E-state index contributed by atoms with van der Waals surface area (Å²) >= 11 is 0. The molecule has 26 heavy (non-hydrogen) atoms. The van der Waals surface area contributed by atoms with E-state index in [1.54, 1.807) is 17.0 Å². The summed E-state index contributed by atoms with van der Waals surface area (Å²) in [5, 5.41) is 7.41. The lowest BCUT2D eigenvalue weighted by molar-refractivity contribution is -0.118. The minimum absolute atomic E-state index is 0. The topological polar surface area (TPSA) is 74.5 Å². The largest absolute Gasteiger partial charge is 0.338 e. The van der Waals surface area contributed by atoms with Gasteiger partial charge in [-0.3, -0.25) is 9.69 Å². The molecule has 1 amide bonds. The van der Waals surface area contributed by atoms with E-state index in [1.165, 1.54) is 12.1 Å². The Labute approximate surface area is 156 Å². The molecule has 0 radical (unpaired) electrons. The molecule has 1 aromatic heterocycles. The molecule has 2 saturated heterocycles. The number of hydrogen-bond donors (Lipinski definition) is 1. The van der Waals surface area contributed by atoms with E-state index in [2.05, 4.69) is 20.4 Å². The summed E-state index contributed by atoms with van der Waals surface area (Å²) in [7, 11) is 2.03. The quantitative estimate of drug-likeness (QED) is 0.872. The number of nitrogens with zero attached hydrogens (tertiary/aromatic N) is 4. The highest BCUT2D eigenvalue weighted by Gasteiger charge is 2.38. The van der Waals surface area contributed by atoms with Gasteiger partial charge in [-0.2, -0.15) is 4.98 Å². The van der Waals surface area contributed by atoms with Crippen molar-refractivity contribution in [3.63, 3.8) is 0 Å². The molecule has 0 aliphatic carbocycles. The van der Waals surface area contributed by atoms with Crippen LogP contribution in [0.15, 0.2) is 28.8 Å². The number of halogens is 2. The van der Waals surface area contributed by atoms with Gasteiger partial charge < -0.3 is 14.7 Å². The number of carbonyl (C=O) groups is 1. The van der Waals surface area contributed by atoms with Crippen LogP contribution in [-0.4, -0.2) is 54.2 Å². The number of rotatable bonds is 3. The molecule has 2 aliphatic heterocycles. The highest BCUT2D eigenvalue weighted by Crippen LogP contribution is 2.32. The molecule has 9 heteroatoms. The lowest BCUT2D eigenvalue weighted by Gasteiger charge is -2.30. The maximum absolute atomic E-state index is 13.1. The van der Waals surface area contributed by atoms with Gasteiger partial charge in [-0.1, -0.05) is 5.16 Å². The Morgan fingerprint density at radius 1 is 1.27 bits per heavy atom. The lowest BCUT2D eigenvalue weighted by Crippen LogP contribution is -2.44. The third kappa shape index (κ3) is 3.44. The van der Waals surface area contributed by atoms with Crippen LogP contribution in [0.1, 0.15) is 30.1 Å². The zero-order chi connectivity index (χ0) is 17.4. The summed E-state index contributed by atoms with van der Waals surface area (Å²) < 4.78 is 18.5. The van der Waals surface area contributed by atoms with Gasteiger partial charge in [-0.25, -0.2) is 4.39 Å². The summed E-state index contributed by atoms with van der Waals surface area (Å²) in [4.78, 5) is 21.0. The third-order valence-electron chi connectivity index (χ3n) is 4.91. The standard InChI is InChI=1S/C17H20FN5O2.ClH/c1-22-9-7-19-10-14(22)15-20-16(25-21-15)13-6-8-23(17(13)24)12-4-2-11(18)3-5-12;/h2-5,13-14,19H,6-10H2,1H3;1H. The Morgan fingerprint density at radius 2 is 2.04 bits per heavy atom. The molecule has 2 fully saturated rings. The van der Waals surface area contributed by atoms with E-state index in [0.29, 0.717) is 30.4 Å². The molecule has 2 atom stereocenters. The number of nitrogens with one attached hydrogen (secondary N) is 1. The van der Waals surface area contributed by atoms with E-state index in [9.17, 15) is 9.18 Å². The Balaban J connectivity index is 0.00000196. The number of benzene rings is 1. The van der Waals surface area contributed by atoms with Gasteiger partial charge in [0.15, 0.2) is 5.82 Å². The van der Waals surface area contributed by atoms with Crippen LogP contribution >= 0.6 is 12.4 Å². The summed E-state index contributed by atoms with van der Waals surface area (Å²) in [5.41, 5.74) is 0.685. The molecule has 1 N–H and O–H groups in total. The SMILES string of the molecule is CN1CCNCC1c1noc(C2CCN(c3ccc(F)cc3)C2=O)n1.Cl. The lowest BCUT2D eigenvalue weighted by atomic mass is 10.1. The zero-order valence-corrected chi connectivity index (χ0v) is 15.2. The predicted octanol–water partition coefficient (Wildman–Crippen LogP) is 1.73. The van der Waals surface area contributed by atoms with Gasteiger partial charge in [0.25, 0.3) is 0 Å². The fourth-order valence-corrected chi connectivity index (χ4v) is 3.40. The minimum atomic E-state index is -0.437. The summed E-state index contributed by atoms with van der Waals surface area (Å²) in [6.07, 6.45) is 0.608. The Hall–Kier alpha value is -2.03. The van der Waals surface area contributed by atoms with E-state index >= 15 is 0 Å². The van der Waals surface area contributed by atoms with Gasteiger partial charge in [-0.15, -0.1) is 12.4 Å². The molecular formula is C17H21ClFN5O2. The average molecular weight is 382 g/mol. The van der Waals surface area contributed by atoms with Gasteiger partial charge in [-0.05, 0) is 37.7 Å². The Kier molecular flexibility index (Phi) is 5.55. The summed E-state index contributed by atoms with van der Waals surface area (Å²) in [6, 6.07) is 5.98. The van der Waals surface area contributed by atoms with Gasteiger partial charge in [0, 0.05) is 31.9 Å². The number of amides is 1. The van der Waals surface area contributed by atoms with Crippen molar-refractivity contribution in [2.24, 2.45) is 0 Å². The van der Waals surface area contributed by atoms with Crippen LogP contribution in [0, 0.1) is 5.82 Å². The van der Waals surface area contributed by atoms with Crippen molar-refractivity contribution in [1.29, 1.82) is 0 Å². The zero-order valence-electron chi connectivity index (χ0n) is 14.4. The summed E-state index contributed by atoms with van der Waals surface area (Å²) in [6.45, 7) is 3.16. The normalized spacial score (nSPS) is 23.9. The molecule has 3 heterocycles. The van der Waals surface area contributed by atoms with Crippen LogP contribution in [0.2, 0.25) is 0 Å². The second kappa shape index (κ2) is 7.69. The number of anilines is 1. The van der Waals surface area contributed by atoms with Crippen molar-refractivity contribution in [1.82, 2.24) is 20.4 Å².